The van der Waals surface area contributed by atoms with Crippen LogP contribution < -0.4 is 0 Å². The molecule has 0 bridgehead atoms. The van der Waals surface area contributed by atoms with Crippen LogP contribution in [0, 0.1) is 11.8 Å². The second-order valence-electron chi connectivity index (χ2n) is 3.84. The largest absolute Gasteiger partial charge is 0.457 e. The molecule has 0 aromatic heterocycles. The molecule has 0 unspecified atom stereocenters. The maximum atomic E-state index is 11.2. The third-order valence-electron chi connectivity index (χ3n) is 2.45. The molecule has 1 aromatic rings. The van der Waals surface area contributed by atoms with Crippen molar-refractivity contribution >= 4 is 22.8 Å². The second-order valence-corrected chi connectivity index (χ2v) is 5.11. The number of hydrogen-bond donors (Lipinski definition) is 0. The fourth-order valence-corrected chi connectivity index (χ4v) is 2.11. The average molecular weight is 260 g/mol. The van der Waals surface area contributed by atoms with Gasteiger partial charge in [0.15, 0.2) is 5.12 Å². The summed E-state index contributed by atoms with van der Waals surface area (Å²) in [6, 6.07) is 5.45. The van der Waals surface area contributed by atoms with Gasteiger partial charge in [0, 0.05) is 30.2 Å². The number of ether oxygens (including phenoxy) is 1. The van der Waals surface area contributed by atoms with Crippen LogP contribution in [-0.2, 0) is 16.1 Å². The first-order valence-corrected chi connectivity index (χ1v) is 6.57. The SMILES string of the molecule is CC(=O)SCCC#Cc1ccc2c(c1)COC2=O. The third-order valence-corrected chi connectivity index (χ3v) is 3.26. The van der Waals surface area contributed by atoms with Crippen LogP contribution in [0.25, 0.3) is 0 Å². The van der Waals surface area contributed by atoms with E-state index >= 15 is 0 Å². The molecule has 0 spiro atoms. The lowest BCUT2D eigenvalue weighted by atomic mass is 10.1. The van der Waals surface area contributed by atoms with Gasteiger partial charge in [-0.05, 0) is 18.2 Å². The molecule has 0 fully saturated rings. The van der Waals surface area contributed by atoms with Gasteiger partial charge in [-0.25, -0.2) is 4.79 Å². The van der Waals surface area contributed by atoms with E-state index < -0.39 is 0 Å². The number of rotatable bonds is 2. The van der Waals surface area contributed by atoms with E-state index in [1.807, 2.05) is 12.1 Å². The molecule has 0 saturated heterocycles. The van der Waals surface area contributed by atoms with Crippen molar-refractivity contribution in [2.75, 3.05) is 5.75 Å². The van der Waals surface area contributed by atoms with Crippen LogP contribution in [0.15, 0.2) is 18.2 Å². The van der Waals surface area contributed by atoms with E-state index in [1.165, 1.54) is 11.8 Å². The predicted octanol–water partition coefficient (Wildman–Crippen LogP) is 2.38. The zero-order chi connectivity index (χ0) is 13.0. The summed E-state index contributed by atoms with van der Waals surface area (Å²) in [5, 5.41) is 0.116. The van der Waals surface area contributed by atoms with Crippen molar-refractivity contribution in [3.8, 4) is 11.8 Å². The maximum Gasteiger partial charge on any atom is 0.338 e. The number of benzene rings is 1. The number of thioether (sulfide) groups is 1. The zero-order valence-electron chi connectivity index (χ0n) is 9.99. The lowest BCUT2D eigenvalue weighted by Crippen LogP contribution is -1.93. The Bertz CT molecular complexity index is 552. The van der Waals surface area contributed by atoms with E-state index in [2.05, 4.69) is 11.8 Å². The van der Waals surface area contributed by atoms with E-state index in [4.69, 9.17) is 4.74 Å². The lowest BCUT2D eigenvalue weighted by molar-refractivity contribution is -0.109. The Morgan fingerprint density at radius 3 is 3.11 bits per heavy atom. The maximum absolute atomic E-state index is 11.2. The molecular formula is C14H12O3S. The van der Waals surface area contributed by atoms with Gasteiger partial charge in [-0.1, -0.05) is 23.6 Å². The van der Waals surface area contributed by atoms with Crippen molar-refractivity contribution in [3.05, 3.63) is 34.9 Å². The fraction of sp³-hybridized carbons (Fsp3) is 0.286. The Morgan fingerprint density at radius 2 is 2.33 bits per heavy atom. The van der Waals surface area contributed by atoms with E-state index in [1.54, 1.807) is 13.0 Å². The highest BCUT2D eigenvalue weighted by atomic mass is 32.2. The van der Waals surface area contributed by atoms with Gasteiger partial charge in [0.25, 0.3) is 0 Å². The highest BCUT2D eigenvalue weighted by Crippen LogP contribution is 2.20. The average Bonchev–Trinajstić information content (AvgIpc) is 2.70. The summed E-state index contributed by atoms with van der Waals surface area (Å²) in [4.78, 5) is 22.0. The molecule has 0 aliphatic carbocycles. The van der Waals surface area contributed by atoms with Crippen LogP contribution >= 0.6 is 11.8 Å². The smallest absolute Gasteiger partial charge is 0.338 e. The zero-order valence-corrected chi connectivity index (χ0v) is 10.8. The number of esters is 1. The van der Waals surface area contributed by atoms with Crippen LogP contribution in [0.1, 0.15) is 34.8 Å². The van der Waals surface area contributed by atoms with E-state index in [0.717, 1.165) is 16.9 Å². The van der Waals surface area contributed by atoms with Crippen molar-refractivity contribution in [1.82, 2.24) is 0 Å². The van der Waals surface area contributed by atoms with Crippen molar-refractivity contribution in [2.24, 2.45) is 0 Å². The summed E-state index contributed by atoms with van der Waals surface area (Å²) < 4.78 is 4.92. The summed E-state index contributed by atoms with van der Waals surface area (Å²) >= 11 is 1.28. The van der Waals surface area contributed by atoms with Crippen molar-refractivity contribution < 1.29 is 14.3 Å². The van der Waals surface area contributed by atoms with Gasteiger partial charge in [-0.15, -0.1) is 0 Å². The van der Waals surface area contributed by atoms with E-state index in [-0.39, 0.29) is 11.1 Å². The molecule has 18 heavy (non-hydrogen) atoms. The normalized spacial score (nSPS) is 12.4. The van der Waals surface area contributed by atoms with E-state index in [0.29, 0.717) is 18.6 Å². The first-order valence-electron chi connectivity index (χ1n) is 5.59. The highest BCUT2D eigenvalue weighted by molar-refractivity contribution is 8.13. The number of carbonyl (C=O) groups excluding carboxylic acids is 2. The van der Waals surface area contributed by atoms with Crippen molar-refractivity contribution in [1.29, 1.82) is 0 Å². The summed E-state index contributed by atoms with van der Waals surface area (Å²) in [6.45, 7) is 1.89. The summed E-state index contributed by atoms with van der Waals surface area (Å²) in [5.41, 5.74) is 2.40. The third kappa shape index (κ3) is 3.14. The van der Waals surface area contributed by atoms with Gasteiger partial charge >= 0.3 is 5.97 Å². The number of fused-ring (bicyclic) bond motifs is 1. The summed E-state index contributed by atoms with van der Waals surface area (Å²) in [6.07, 6.45) is 0.677. The van der Waals surface area contributed by atoms with E-state index in [9.17, 15) is 9.59 Å². The van der Waals surface area contributed by atoms with Crippen LogP contribution in [0.2, 0.25) is 0 Å². The molecule has 1 aliphatic rings. The Kier molecular flexibility index (Phi) is 4.06. The fourth-order valence-electron chi connectivity index (χ4n) is 1.62. The molecular weight excluding hydrogens is 248 g/mol. The number of hydrogen-bond acceptors (Lipinski definition) is 4. The first kappa shape index (κ1) is 12.7. The van der Waals surface area contributed by atoms with Gasteiger partial charge in [-0.2, -0.15) is 0 Å². The number of carbonyl (C=O) groups is 2. The second kappa shape index (κ2) is 5.74. The molecule has 1 aromatic carbocycles. The Balaban J connectivity index is 1.97. The lowest BCUT2D eigenvalue weighted by Gasteiger charge is -1.94. The van der Waals surface area contributed by atoms with Crippen LogP contribution in [-0.4, -0.2) is 16.8 Å². The molecule has 1 aliphatic heterocycles. The quantitative estimate of drug-likeness (QED) is 0.465. The van der Waals surface area contributed by atoms with Gasteiger partial charge in [-0.3, -0.25) is 4.79 Å². The standard InChI is InChI=1S/C14H12O3S/c1-10(15)18-7-3-2-4-11-5-6-13-12(8-11)9-17-14(13)16/h5-6,8H,3,7,9H2,1H3. The molecule has 0 radical (unpaired) electrons. The number of cyclic esters (lactones) is 1. The molecule has 3 nitrogen and oxygen atoms in total. The van der Waals surface area contributed by atoms with Crippen LogP contribution in [0.3, 0.4) is 0 Å². The Labute approximate surface area is 110 Å². The van der Waals surface area contributed by atoms with Crippen LogP contribution in [0.4, 0.5) is 0 Å². The molecule has 0 N–H and O–H groups in total. The summed E-state index contributed by atoms with van der Waals surface area (Å²) in [5.74, 6) is 6.49. The molecule has 0 saturated carbocycles. The van der Waals surface area contributed by atoms with Gasteiger partial charge in [0.1, 0.15) is 6.61 Å². The monoisotopic (exact) mass is 260 g/mol. The minimum atomic E-state index is -0.262. The minimum absolute atomic E-state index is 0.116. The molecule has 92 valence electrons. The topological polar surface area (TPSA) is 43.4 Å². The van der Waals surface area contributed by atoms with Gasteiger partial charge in [0.2, 0.25) is 0 Å². The highest BCUT2D eigenvalue weighted by Gasteiger charge is 2.20. The van der Waals surface area contributed by atoms with Crippen molar-refractivity contribution in [2.45, 2.75) is 20.0 Å². The molecule has 0 atom stereocenters. The Hall–Kier alpha value is -1.73. The first-order chi connectivity index (χ1) is 8.66. The summed E-state index contributed by atoms with van der Waals surface area (Å²) in [7, 11) is 0. The van der Waals surface area contributed by atoms with Gasteiger partial charge < -0.3 is 4.74 Å². The minimum Gasteiger partial charge on any atom is -0.457 e. The molecule has 4 heteroatoms. The Morgan fingerprint density at radius 1 is 1.50 bits per heavy atom. The molecule has 1 heterocycles. The predicted molar refractivity (Wildman–Crippen MR) is 70.2 cm³/mol. The van der Waals surface area contributed by atoms with Crippen molar-refractivity contribution in [3.63, 3.8) is 0 Å². The van der Waals surface area contributed by atoms with Gasteiger partial charge in [0.05, 0.1) is 5.56 Å². The molecule has 0 amide bonds. The van der Waals surface area contributed by atoms with Crippen LogP contribution in [0.5, 0.6) is 0 Å². The molecule has 2 rings (SSSR count).